The summed E-state index contributed by atoms with van der Waals surface area (Å²) in [6.45, 7) is 6.80. The van der Waals surface area contributed by atoms with Gasteiger partial charge in [-0.1, -0.05) is 39.0 Å². The van der Waals surface area contributed by atoms with Crippen LogP contribution in [0.1, 0.15) is 56.0 Å². The van der Waals surface area contributed by atoms with E-state index >= 15 is 0 Å². The highest BCUT2D eigenvalue weighted by atomic mass is 16.3. The molecule has 208 valence electrons. The van der Waals surface area contributed by atoms with E-state index in [-0.39, 0.29) is 36.0 Å². The lowest BCUT2D eigenvalue weighted by atomic mass is 9.57. The van der Waals surface area contributed by atoms with Gasteiger partial charge in [0.05, 0.1) is 17.9 Å². The number of phenolic OH excluding ortho intramolecular Hbond substituents is 1. The first-order chi connectivity index (χ1) is 18.3. The van der Waals surface area contributed by atoms with Gasteiger partial charge in [0.1, 0.15) is 5.75 Å². The topological polar surface area (TPSA) is 167 Å². The summed E-state index contributed by atoms with van der Waals surface area (Å²) in [4.78, 5) is 51.7. The highest BCUT2D eigenvalue weighted by molar-refractivity contribution is 6.24. The Labute approximate surface area is 227 Å². The van der Waals surface area contributed by atoms with Crippen LogP contribution in [0.4, 0.5) is 5.69 Å². The number of aromatic hydroxyl groups is 1. The van der Waals surface area contributed by atoms with Gasteiger partial charge >= 0.3 is 0 Å². The third-order valence-electron chi connectivity index (χ3n) is 7.85. The molecule has 1 saturated carbocycles. The molecule has 0 aliphatic heterocycles. The van der Waals surface area contributed by atoms with Crippen molar-refractivity contribution in [3.05, 3.63) is 47.5 Å². The number of primary amides is 1. The summed E-state index contributed by atoms with van der Waals surface area (Å²) in [6.07, 6.45) is -0.559. The number of carbonyl (C=O) groups is 4. The van der Waals surface area contributed by atoms with Crippen LogP contribution in [0.3, 0.4) is 0 Å². The number of rotatable bonds is 8. The Bertz CT molecular complexity index is 1310. The van der Waals surface area contributed by atoms with Crippen LogP contribution >= 0.6 is 0 Å². The average molecular weight is 537 g/mol. The summed E-state index contributed by atoms with van der Waals surface area (Å²) in [5.74, 6) is -6.92. The van der Waals surface area contributed by atoms with Gasteiger partial charge in [0.25, 0.3) is 0 Å². The predicted octanol–water partition coefficient (Wildman–Crippen LogP) is 2.64. The summed E-state index contributed by atoms with van der Waals surface area (Å²) < 4.78 is 0. The van der Waals surface area contributed by atoms with Crippen molar-refractivity contribution in [2.75, 3.05) is 18.5 Å². The molecule has 1 amide bonds. The predicted molar refractivity (Wildman–Crippen MR) is 145 cm³/mol. The second kappa shape index (κ2) is 10.5. The lowest BCUT2D eigenvalue weighted by Crippen LogP contribution is -2.63. The highest BCUT2D eigenvalue weighted by Gasteiger charge is 2.60. The van der Waals surface area contributed by atoms with Crippen LogP contribution in [0, 0.1) is 23.2 Å². The number of aliphatic hydroxyl groups is 2. The van der Waals surface area contributed by atoms with Crippen molar-refractivity contribution < 1.29 is 34.5 Å². The van der Waals surface area contributed by atoms with Crippen LogP contribution in [0.2, 0.25) is 0 Å². The number of fused-ring (bicyclic) bond motifs is 2. The van der Waals surface area contributed by atoms with Crippen molar-refractivity contribution in [3.63, 3.8) is 0 Å². The molecule has 2 aromatic rings. The van der Waals surface area contributed by atoms with Crippen molar-refractivity contribution in [3.8, 4) is 16.9 Å². The monoisotopic (exact) mass is 536 g/mol. The molecule has 0 aromatic heterocycles. The summed E-state index contributed by atoms with van der Waals surface area (Å²) in [5.41, 5.74) is 5.76. The molecule has 4 rings (SSSR count). The SMILES string of the molecule is CC(C)(C)CNc1ccc(-c2ccc(O)c3c2C[C@H]2C[C@@H](CCO)[C@@](O)(C(=O)CC(N)=O)C(=O)C2C3=O)cc1. The smallest absolute Gasteiger partial charge is 0.225 e. The van der Waals surface area contributed by atoms with Crippen molar-refractivity contribution in [2.45, 2.75) is 52.1 Å². The molecule has 2 aliphatic carbocycles. The summed E-state index contributed by atoms with van der Waals surface area (Å²) in [7, 11) is 0. The van der Waals surface area contributed by atoms with Crippen molar-refractivity contribution in [2.24, 2.45) is 28.9 Å². The lowest BCUT2D eigenvalue weighted by molar-refractivity contribution is -0.167. The molecule has 9 heteroatoms. The van der Waals surface area contributed by atoms with Gasteiger partial charge in [0, 0.05) is 24.8 Å². The molecular weight excluding hydrogens is 500 g/mol. The Hall–Kier alpha value is -3.56. The molecule has 0 radical (unpaired) electrons. The molecule has 4 atom stereocenters. The largest absolute Gasteiger partial charge is 0.507 e. The molecule has 2 aromatic carbocycles. The number of nitrogens with one attached hydrogen (secondary N) is 1. The minimum Gasteiger partial charge on any atom is -0.507 e. The third kappa shape index (κ3) is 5.33. The number of hydrogen-bond donors (Lipinski definition) is 5. The number of benzene rings is 2. The minimum absolute atomic E-state index is 0.00217. The molecule has 39 heavy (non-hydrogen) atoms. The number of aliphatic hydroxyl groups excluding tert-OH is 1. The van der Waals surface area contributed by atoms with Crippen molar-refractivity contribution in [1.82, 2.24) is 0 Å². The molecule has 1 unspecified atom stereocenters. The summed E-state index contributed by atoms with van der Waals surface area (Å²) in [5, 5.41) is 35.0. The summed E-state index contributed by atoms with van der Waals surface area (Å²) in [6, 6.07) is 10.9. The zero-order valence-electron chi connectivity index (χ0n) is 22.5. The van der Waals surface area contributed by atoms with Gasteiger partial charge in [-0.05, 0) is 65.5 Å². The van der Waals surface area contributed by atoms with E-state index in [4.69, 9.17) is 5.73 Å². The maximum Gasteiger partial charge on any atom is 0.225 e. The number of anilines is 1. The average Bonchev–Trinajstić information content (AvgIpc) is 2.85. The van der Waals surface area contributed by atoms with Crippen LogP contribution in [0.15, 0.2) is 36.4 Å². The number of ketones is 3. The molecular formula is C30H36N2O7. The number of carbonyl (C=O) groups excluding carboxylic acids is 4. The van der Waals surface area contributed by atoms with E-state index in [0.717, 1.165) is 23.4 Å². The Morgan fingerprint density at radius 1 is 1.10 bits per heavy atom. The van der Waals surface area contributed by atoms with Crippen molar-refractivity contribution >= 4 is 28.9 Å². The van der Waals surface area contributed by atoms with Crippen LogP contribution in [0.5, 0.6) is 5.75 Å². The first kappa shape index (κ1) is 28.4. The van der Waals surface area contributed by atoms with Crippen LogP contribution in [0.25, 0.3) is 11.1 Å². The first-order valence-electron chi connectivity index (χ1n) is 13.2. The highest BCUT2D eigenvalue weighted by Crippen LogP contribution is 2.49. The zero-order chi connectivity index (χ0) is 28.7. The molecule has 6 N–H and O–H groups in total. The van der Waals surface area contributed by atoms with E-state index in [1.54, 1.807) is 6.07 Å². The Balaban J connectivity index is 1.72. The van der Waals surface area contributed by atoms with E-state index in [1.807, 2.05) is 24.3 Å². The Morgan fingerprint density at radius 3 is 2.36 bits per heavy atom. The molecule has 1 fully saturated rings. The number of phenols is 1. The number of nitrogens with two attached hydrogens (primary N) is 1. The molecule has 0 heterocycles. The van der Waals surface area contributed by atoms with Gasteiger partial charge in [-0.2, -0.15) is 0 Å². The molecule has 0 bridgehead atoms. The second-order valence-corrected chi connectivity index (χ2v) is 11.9. The third-order valence-corrected chi connectivity index (χ3v) is 7.85. The second-order valence-electron chi connectivity index (χ2n) is 11.9. The normalized spacial score (nSPS) is 24.6. The van der Waals surface area contributed by atoms with E-state index < -0.39 is 59.6 Å². The molecule has 0 spiro atoms. The fraction of sp³-hybridized carbons (Fsp3) is 0.467. The standard InChI is InChI=1S/C30H36N2O7/c1-29(2,3)15-32-19-6-4-16(5-7-19)20-8-9-22(34)26-21(20)13-17-12-18(10-11-33)30(39,23(35)14-24(31)36)28(38)25(17)27(26)37/h4-9,17-18,25,32-34,39H,10-15H2,1-3H3,(H2,31,36)/t17-,18-,25?,30-/m1/s1. The van der Waals surface area contributed by atoms with E-state index in [9.17, 15) is 34.5 Å². The quantitative estimate of drug-likeness (QED) is 0.321. The van der Waals surface area contributed by atoms with Gasteiger partial charge in [-0.3, -0.25) is 19.2 Å². The van der Waals surface area contributed by atoms with Crippen LogP contribution in [-0.2, 0) is 20.8 Å². The Morgan fingerprint density at radius 2 is 1.77 bits per heavy atom. The maximum absolute atomic E-state index is 13.7. The number of amides is 1. The first-order valence-corrected chi connectivity index (χ1v) is 13.2. The number of hydrogen-bond acceptors (Lipinski definition) is 8. The van der Waals surface area contributed by atoms with E-state index in [0.29, 0.717) is 5.56 Å². The lowest BCUT2D eigenvalue weighted by Gasteiger charge is -2.46. The fourth-order valence-electron chi connectivity index (χ4n) is 5.94. The van der Waals surface area contributed by atoms with Gasteiger partial charge < -0.3 is 26.4 Å². The zero-order valence-corrected chi connectivity index (χ0v) is 22.5. The minimum atomic E-state index is -2.62. The number of Topliss-reactive ketones (excluding diaryl/α,β-unsaturated/α-hetero) is 3. The van der Waals surface area contributed by atoms with Gasteiger partial charge in [-0.15, -0.1) is 0 Å². The van der Waals surface area contributed by atoms with Crippen LogP contribution < -0.4 is 11.1 Å². The fourth-order valence-corrected chi connectivity index (χ4v) is 5.94. The van der Waals surface area contributed by atoms with Crippen LogP contribution in [-0.4, -0.2) is 57.3 Å². The maximum atomic E-state index is 13.7. The van der Waals surface area contributed by atoms with E-state index in [2.05, 4.69) is 26.1 Å². The Kier molecular flexibility index (Phi) is 7.69. The molecule has 2 aliphatic rings. The van der Waals surface area contributed by atoms with Gasteiger partial charge in [-0.25, -0.2) is 0 Å². The molecule has 9 nitrogen and oxygen atoms in total. The van der Waals surface area contributed by atoms with Gasteiger partial charge in [0.15, 0.2) is 23.0 Å². The summed E-state index contributed by atoms with van der Waals surface area (Å²) >= 11 is 0. The van der Waals surface area contributed by atoms with Crippen molar-refractivity contribution in [1.29, 1.82) is 0 Å². The molecule has 0 saturated heterocycles. The van der Waals surface area contributed by atoms with Gasteiger partial charge in [0.2, 0.25) is 5.91 Å². The van der Waals surface area contributed by atoms with E-state index in [1.165, 1.54) is 6.07 Å².